The number of rotatable bonds is 4. The van der Waals surface area contributed by atoms with Gasteiger partial charge in [0.05, 0.1) is 0 Å². The first-order valence-corrected chi connectivity index (χ1v) is 6.27. The summed E-state index contributed by atoms with van der Waals surface area (Å²) in [5.41, 5.74) is 8.54. The molecular weight excluding hydrogens is 262 g/mol. The van der Waals surface area contributed by atoms with Gasteiger partial charge in [0, 0.05) is 5.02 Å². The number of halogens is 1. The summed E-state index contributed by atoms with van der Waals surface area (Å²) in [7, 11) is 0. The minimum absolute atomic E-state index is 0.330. The quantitative estimate of drug-likeness (QED) is 0.902. The summed E-state index contributed by atoms with van der Waals surface area (Å²) in [4.78, 5) is 10.7. The third-order valence-electron chi connectivity index (χ3n) is 2.90. The Labute approximate surface area is 116 Å². The molecule has 0 aliphatic carbocycles. The maximum Gasteiger partial charge on any atom is 0.320 e. The van der Waals surface area contributed by atoms with Gasteiger partial charge in [0.1, 0.15) is 6.04 Å². The van der Waals surface area contributed by atoms with Crippen molar-refractivity contribution in [3.05, 3.63) is 59.1 Å². The number of carboxylic acids is 1. The second kappa shape index (κ2) is 5.87. The molecule has 0 aliphatic heterocycles. The second-order valence-corrected chi connectivity index (χ2v) is 4.79. The Bertz CT molecular complexity index is 564. The van der Waals surface area contributed by atoms with E-state index in [1.54, 1.807) is 0 Å². The highest BCUT2D eigenvalue weighted by atomic mass is 35.5. The van der Waals surface area contributed by atoms with Crippen molar-refractivity contribution >= 4 is 17.6 Å². The molecule has 0 heterocycles. The lowest BCUT2D eigenvalue weighted by Gasteiger charge is -2.07. The van der Waals surface area contributed by atoms with Crippen LogP contribution in [-0.4, -0.2) is 17.1 Å². The van der Waals surface area contributed by atoms with Crippen LogP contribution in [0.5, 0.6) is 0 Å². The molecule has 98 valence electrons. The van der Waals surface area contributed by atoms with Gasteiger partial charge < -0.3 is 10.8 Å². The minimum Gasteiger partial charge on any atom is -0.480 e. The van der Waals surface area contributed by atoms with Gasteiger partial charge in [-0.05, 0) is 35.2 Å². The van der Waals surface area contributed by atoms with Crippen molar-refractivity contribution in [3.63, 3.8) is 0 Å². The molecule has 19 heavy (non-hydrogen) atoms. The van der Waals surface area contributed by atoms with E-state index in [-0.39, 0.29) is 0 Å². The number of carboxylic acid groups (broad SMARTS) is 1. The normalized spacial score (nSPS) is 12.1. The van der Waals surface area contributed by atoms with Crippen LogP contribution in [0.1, 0.15) is 5.56 Å². The molecule has 2 aromatic rings. The zero-order chi connectivity index (χ0) is 13.8. The van der Waals surface area contributed by atoms with Gasteiger partial charge in [-0.15, -0.1) is 0 Å². The van der Waals surface area contributed by atoms with Crippen LogP contribution in [-0.2, 0) is 11.2 Å². The minimum atomic E-state index is -0.984. The van der Waals surface area contributed by atoms with Crippen LogP contribution in [0.25, 0.3) is 11.1 Å². The highest BCUT2D eigenvalue weighted by Gasteiger charge is 2.11. The summed E-state index contributed by atoms with van der Waals surface area (Å²) in [6.07, 6.45) is 0.330. The molecule has 3 N–H and O–H groups in total. The zero-order valence-electron chi connectivity index (χ0n) is 10.2. The predicted molar refractivity (Wildman–Crippen MR) is 76.2 cm³/mol. The SMILES string of the molecule is N[C@@H](Cc1ccc(-c2ccc(Cl)cc2)cc1)C(=O)O. The lowest BCUT2D eigenvalue weighted by molar-refractivity contribution is -0.138. The summed E-state index contributed by atoms with van der Waals surface area (Å²) in [5.74, 6) is -0.984. The Morgan fingerprint density at radius 1 is 1.05 bits per heavy atom. The summed E-state index contributed by atoms with van der Waals surface area (Å²) in [5, 5.41) is 9.47. The van der Waals surface area contributed by atoms with Gasteiger partial charge in [-0.1, -0.05) is 48.0 Å². The van der Waals surface area contributed by atoms with Gasteiger partial charge in [-0.2, -0.15) is 0 Å². The molecule has 3 nitrogen and oxygen atoms in total. The van der Waals surface area contributed by atoms with Crippen molar-refractivity contribution < 1.29 is 9.90 Å². The smallest absolute Gasteiger partial charge is 0.320 e. The van der Waals surface area contributed by atoms with Crippen LogP contribution in [0.15, 0.2) is 48.5 Å². The maximum absolute atomic E-state index is 10.7. The first-order valence-electron chi connectivity index (χ1n) is 5.89. The van der Waals surface area contributed by atoms with Crippen molar-refractivity contribution in [3.8, 4) is 11.1 Å². The molecule has 2 aromatic carbocycles. The predicted octanol–water partition coefficient (Wildman–Crippen LogP) is 2.96. The first-order chi connectivity index (χ1) is 9.06. The topological polar surface area (TPSA) is 63.3 Å². The molecule has 1 atom stereocenters. The molecular formula is C15H14ClNO2. The van der Waals surface area contributed by atoms with E-state index in [9.17, 15) is 4.79 Å². The van der Waals surface area contributed by atoms with Crippen LogP contribution in [0, 0.1) is 0 Å². The number of benzene rings is 2. The third-order valence-corrected chi connectivity index (χ3v) is 3.16. The molecule has 0 fully saturated rings. The monoisotopic (exact) mass is 275 g/mol. The van der Waals surface area contributed by atoms with Gasteiger partial charge in [-0.25, -0.2) is 0 Å². The standard InChI is InChI=1S/C15H14ClNO2/c16-13-7-5-12(6-8-13)11-3-1-10(2-4-11)9-14(17)15(18)19/h1-8,14H,9,17H2,(H,18,19)/t14-/m0/s1. The summed E-state index contributed by atoms with van der Waals surface area (Å²) < 4.78 is 0. The van der Waals surface area contributed by atoms with E-state index in [1.807, 2.05) is 48.5 Å². The van der Waals surface area contributed by atoms with E-state index in [2.05, 4.69) is 0 Å². The molecule has 0 saturated heterocycles. The van der Waals surface area contributed by atoms with Crippen molar-refractivity contribution in [1.29, 1.82) is 0 Å². The summed E-state index contributed by atoms with van der Waals surface area (Å²) in [6.45, 7) is 0. The molecule has 0 unspecified atom stereocenters. The van der Waals surface area contributed by atoms with Gasteiger partial charge in [0.25, 0.3) is 0 Å². The Morgan fingerprint density at radius 3 is 2.00 bits per heavy atom. The largest absolute Gasteiger partial charge is 0.480 e. The van der Waals surface area contributed by atoms with E-state index in [4.69, 9.17) is 22.4 Å². The number of hydrogen-bond donors (Lipinski definition) is 2. The Morgan fingerprint density at radius 2 is 1.53 bits per heavy atom. The highest BCUT2D eigenvalue weighted by molar-refractivity contribution is 6.30. The molecule has 0 spiro atoms. The lowest BCUT2D eigenvalue weighted by atomic mass is 10.0. The summed E-state index contributed by atoms with van der Waals surface area (Å²) in [6, 6.07) is 14.4. The molecule has 0 saturated carbocycles. The maximum atomic E-state index is 10.7. The fourth-order valence-electron chi connectivity index (χ4n) is 1.82. The van der Waals surface area contributed by atoms with E-state index in [0.29, 0.717) is 11.4 Å². The average Bonchev–Trinajstić information content (AvgIpc) is 2.40. The molecule has 2 rings (SSSR count). The van der Waals surface area contributed by atoms with Crippen LogP contribution in [0.4, 0.5) is 0 Å². The Hall–Kier alpha value is -1.84. The number of hydrogen-bond acceptors (Lipinski definition) is 2. The fraction of sp³-hybridized carbons (Fsp3) is 0.133. The number of carbonyl (C=O) groups is 1. The van der Waals surface area contributed by atoms with E-state index in [0.717, 1.165) is 16.7 Å². The van der Waals surface area contributed by atoms with Gasteiger partial charge in [0.15, 0.2) is 0 Å². The third kappa shape index (κ3) is 3.56. The highest BCUT2D eigenvalue weighted by Crippen LogP contribution is 2.22. The van der Waals surface area contributed by atoms with Crippen molar-refractivity contribution in [1.82, 2.24) is 0 Å². The van der Waals surface area contributed by atoms with Crippen molar-refractivity contribution in [2.24, 2.45) is 5.73 Å². The zero-order valence-corrected chi connectivity index (χ0v) is 11.0. The average molecular weight is 276 g/mol. The van der Waals surface area contributed by atoms with Crippen LogP contribution in [0.3, 0.4) is 0 Å². The Kier molecular flexibility index (Phi) is 4.20. The van der Waals surface area contributed by atoms with Gasteiger partial charge >= 0.3 is 5.97 Å². The Balaban J connectivity index is 2.14. The van der Waals surface area contributed by atoms with Gasteiger partial charge in [-0.3, -0.25) is 4.79 Å². The molecule has 0 amide bonds. The van der Waals surface area contributed by atoms with E-state index < -0.39 is 12.0 Å². The van der Waals surface area contributed by atoms with Crippen LogP contribution >= 0.6 is 11.6 Å². The molecule has 4 heteroatoms. The molecule has 0 aliphatic rings. The van der Waals surface area contributed by atoms with E-state index >= 15 is 0 Å². The second-order valence-electron chi connectivity index (χ2n) is 4.35. The van der Waals surface area contributed by atoms with Crippen LogP contribution in [0.2, 0.25) is 5.02 Å². The van der Waals surface area contributed by atoms with Crippen LogP contribution < -0.4 is 5.73 Å². The lowest BCUT2D eigenvalue weighted by Crippen LogP contribution is -2.32. The molecule has 0 aromatic heterocycles. The van der Waals surface area contributed by atoms with Crippen molar-refractivity contribution in [2.45, 2.75) is 12.5 Å². The van der Waals surface area contributed by atoms with Gasteiger partial charge in [0.2, 0.25) is 0 Å². The molecule has 0 radical (unpaired) electrons. The van der Waals surface area contributed by atoms with E-state index in [1.165, 1.54) is 0 Å². The number of nitrogens with two attached hydrogens (primary N) is 1. The number of aliphatic carboxylic acids is 1. The fourth-order valence-corrected chi connectivity index (χ4v) is 1.94. The molecule has 0 bridgehead atoms. The van der Waals surface area contributed by atoms with Crippen molar-refractivity contribution in [2.75, 3.05) is 0 Å². The summed E-state index contributed by atoms with van der Waals surface area (Å²) >= 11 is 5.84. The first kappa shape index (κ1) is 13.6.